The molecular weight excluding hydrogens is 180 g/mol. The van der Waals surface area contributed by atoms with E-state index in [1.54, 1.807) is 23.0 Å². The van der Waals surface area contributed by atoms with Crippen LogP contribution in [0.25, 0.3) is 5.65 Å². The molecule has 2 N–H and O–H groups in total. The van der Waals surface area contributed by atoms with Crippen LogP contribution in [0.15, 0.2) is 18.5 Å². The first-order valence-electron chi connectivity index (χ1n) is 4.43. The number of nitrogens with zero attached hydrogens (tertiary/aromatic N) is 3. The largest absolute Gasteiger partial charge is 0.474 e. The summed E-state index contributed by atoms with van der Waals surface area (Å²) in [4.78, 5) is 4.10. The van der Waals surface area contributed by atoms with Crippen LogP contribution in [0.1, 0.15) is 13.8 Å². The minimum absolute atomic E-state index is 0.109. The highest BCUT2D eigenvalue weighted by atomic mass is 16.5. The molecule has 0 aliphatic carbocycles. The van der Waals surface area contributed by atoms with Gasteiger partial charge in [-0.25, -0.2) is 9.50 Å². The number of aromatic nitrogens is 3. The molecular formula is C9H12N4O. The van der Waals surface area contributed by atoms with Crippen molar-refractivity contribution >= 4 is 11.3 Å². The Morgan fingerprint density at radius 3 is 3.00 bits per heavy atom. The average molecular weight is 192 g/mol. The maximum absolute atomic E-state index is 5.57. The molecule has 0 amide bonds. The summed E-state index contributed by atoms with van der Waals surface area (Å²) >= 11 is 0. The molecule has 5 heteroatoms. The minimum Gasteiger partial charge on any atom is -0.474 e. The normalized spacial score (nSPS) is 11.1. The van der Waals surface area contributed by atoms with Crippen molar-refractivity contribution in [1.29, 1.82) is 0 Å². The summed E-state index contributed by atoms with van der Waals surface area (Å²) in [7, 11) is 0. The number of hydrogen-bond acceptors (Lipinski definition) is 4. The smallest absolute Gasteiger partial charge is 0.235 e. The number of ether oxygens (including phenoxy) is 1. The Bertz CT molecular complexity index is 449. The van der Waals surface area contributed by atoms with Crippen LogP contribution >= 0.6 is 0 Å². The number of rotatable bonds is 2. The van der Waals surface area contributed by atoms with Crippen LogP contribution in [0.4, 0.5) is 5.69 Å². The van der Waals surface area contributed by atoms with Crippen LogP contribution in [0.3, 0.4) is 0 Å². The third-order valence-electron chi connectivity index (χ3n) is 1.67. The molecule has 2 aromatic rings. The predicted molar refractivity (Wildman–Crippen MR) is 53.2 cm³/mol. The summed E-state index contributed by atoms with van der Waals surface area (Å²) in [5.74, 6) is 0.568. The first kappa shape index (κ1) is 8.80. The fourth-order valence-corrected chi connectivity index (χ4v) is 1.17. The number of hydrogen-bond donors (Lipinski definition) is 1. The van der Waals surface area contributed by atoms with Crippen molar-refractivity contribution in [3.05, 3.63) is 18.5 Å². The Morgan fingerprint density at radius 1 is 1.50 bits per heavy atom. The summed E-state index contributed by atoms with van der Waals surface area (Å²) in [5, 5.41) is 4.17. The zero-order valence-electron chi connectivity index (χ0n) is 8.14. The highest BCUT2D eigenvalue weighted by molar-refractivity contribution is 5.45. The molecule has 2 aromatic heterocycles. The van der Waals surface area contributed by atoms with E-state index >= 15 is 0 Å². The van der Waals surface area contributed by atoms with Gasteiger partial charge in [0, 0.05) is 6.07 Å². The van der Waals surface area contributed by atoms with Crippen molar-refractivity contribution in [2.75, 3.05) is 5.73 Å². The van der Waals surface area contributed by atoms with Crippen LogP contribution in [0.5, 0.6) is 5.88 Å². The quantitative estimate of drug-likeness (QED) is 0.773. The van der Waals surface area contributed by atoms with E-state index in [4.69, 9.17) is 10.5 Å². The van der Waals surface area contributed by atoms with E-state index in [1.807, 2.05) is 13.8 Å². The van der Waals surface area contributed by atoms with E-state index in [1.165, 1.54) is 0 Å². The van der Waals surface area contributed by atoms with E-state index in [0.717, 1.165) is 5.65 Å². The lowest BCUT2D eigenvalue weighted by Crippen LogP contribution is -2.05. The number of nitrogens with two attached hydrogens (primary N) is 1. The third-order valence-corrected chi connectivity index (χ3v) is 1.67. The Hall–Kier alpha value is -1.78. The summed E-state index contributed by atoms with van der Waals surface area (Å²) in [6, 6.07) is 1.78. The molecule has 0 spiro atoms. The van der Waals surface area contributed by atoms with Gasteiger partial charge in [0.1, 0.15) is 0 Å². The lowest BCUT2D eigenvalue weighted by Gasteiger charge is -2.03. The molecule has 0 bridgehead atoms. The zero-order chi connectivity index (χ0) is 10.1. The SMILES string of the molecule is CC(C)Oc1cc2ncc(N)cn2n1. The Kier molecular flexibility index (Phi) is 1.99. The lowest BCUT2D eigenvalue weighted by atomic mass is 10.5. The molecule has 0 aromatic carbocycles. The van der Waals surface area contributed by atoms with Crippen LogP contribution in [0, 0.1) is 0 Å². The fourth-order valence-electron chi connectivity index (χ4n) is 1.17. The Balaban J connectivity index is 2.41. The standard InChI is InChI=1S/C9H12N4O/c1-6(2)14-9-3-8-11-4-7(10)5-13(8)12-9/h3-6H,10H2,1-2H3. The van der Waals surface area contributed by atoms with Gasteiger partial charge in [-0.1, -0.05) is 0 Å². The molecule has 0 fully saturated rings. The summed E-state index contributed by atoms with van der Waals surface area (Å²) in [5.41, 5.74) is 6.88. The molecule has 0 unspecified atom stereocenters. The maximum atomic E-state index is 5.57. The lowest BCUT2D eigenvalue weighted by molar-refractivity contribution is 0.231. The maximum Gasteiger partial charge on any atom is 0.235 e. The second kappa shape index (κ2) is 3.17. The summed E-state index contributed by atoms with van der Waals surface area (Å²) in [6.45, 7) is 3.90. The minimum atomic E-state index is 0.109. The van der Waals surface area contributed by atoms with Gasteiger partial charge in [-0.15, -0.1) is 5.10 Å². The Morgan fingerprint density at radius 2 is 2.29 bits per heavy atom. The molecule has 2 rings (SSSR count). The molecule has 0 saturated carbocycles. The third kappa shape index (κ3) is 1.61. The van der Waals surface area contributed by atoms with Gasteiger partial charge in [0.15, 0.2) is 5.65 Å². The average Bonchev–Trinajstić information content (AvgIpc) is 2.44. The molecule has 5 nitrogen and oxygen atoms in total. The van der Waals surface area contributed by atoms with Crippen molar-refractivity contribution < 1.29 is 4.74 Å². The Labute approximate surface area is 81.5 Å². The van der Waals surface area contributed by atoms with Crippen LogP contribution in [-0.2, 0) is 0 Å². The molecule has 74 valence electrons. The fraction of sp³-hybridized carbons (Fsp3) is 0.333. The van der Waals surface area contributed by atoms with Gasteiger partial charge < -0.3 is 10.5 Å². The first-order chi connectivity index (χ1) is 6.65. The van der Waals surface area contributed by atoms with E-state index in [2.05, 4.69) is 10.1 Å². The van der Waals surface area contributed by atoms with Gasteiger partial charge in [-0.05, 0) is 13.8 Å². The van der Waals surface area contributed by atoms with Gasteiger partial charge in [0.2, 0.25) is 5.88 Å². The molecule has 0 aliphatic heterocycles. The molecule has 2 heterocycles. The van der Waals surface area contributed by atoms with Crippen molar-refractivity contribution in [2.45, 2.75) is 20.0 Å². The van der Waals surface area contributed by atoms with Crippen molar-refractivity contribution in [3.8, 4) is 5.88 Å². The highest BCUT2D eigenvalue weighted by Gasteiger charge is 2.04. The monoisotopic (exact) mass is 192 g/mol. The van der Waals surface area contributed by atoms with Crippen molar-refractivity contribution in [3.63, 3.8) is 0 Å². The van der Waals surface area contributed by atoms with Crippen LogP contribution in [0.2, 0.25) is 0 Å². The number of nitrogen functional groups attached to an aromatic ring is 1. The molecule has 14 heavy (non-hydrogen) atoms. The molecule has 0 aliphatic rings. The van der Waals surface area contributed by atoms with E-state index in [0.29, 0.717) is 11.6 Å². The predicted octanol–water partition coefficient (Wildman–Crippen LogP) is 1.10. The van der Waals surface area contributed by atoms with Crippen LogP contribution in [-0.4, -0.2) is 20.7 Å². The van der Waals surface area contributed by atoms with Gasteiger partial charge in [0.25, 0.3) is 0 Å². The number of anilines is 1. The molecule has 0 saturated heterocycles. The van der Waals surface area contributed by atoms with Crippen molar-refractivity contribution in [1.82, 2.24) is 14.6 Å². The highest BCUT2D eigenvalue weighted by Crippen LogP contribution is 2.13. The molecule has 0 radical (unpaired) electrons. The second-order valence-corrected chi connectivity index (χ2v) is 3.34. The second-order valence-electron chi connectivity index (χ2n) is 3.34. The van der Waals surface area contributed by atoms with E-state index in [9.17, 15) is 0 Å². The van der Waals surface area contributed by atoms with Crippen LogP contribution < -0.4 is 10.5 Å². The van der Waals surface area contributed by atoms with Gasteiger partial charge in [-0.3, -0.25) is 0 Å². The first-order valence-corrected chi connectivity index (χ1v) is 4.43. The number of fused-ring (bicyclic) bond motifs is 1. The van der Waals surface area contributed by atoms with Crippen molar-refractivity contribution in [2.24, 2.45) is 0 Å². The van der Waals surface area contributed by atoms with E-state index in [-0.39, 0.29) is 6.10 Å². The van der Waals surface area contributed by atoms with E-state index < -0.39 is 0 Å². The molecule has 0 atom stereocenters. The zero-order valence-corrected chi connectivity index (χ0v) is 8.14. The summed E-state index contributed by atoms with van der Waals surface area (Å²) in [6.07, 6.45) is 3.41. The van der Waals surface area contributed by atoms with Gasteiger partial charge in [0.05, 0.1) is 24.2 Å². The van der Waals surface area contributed by atoms with Gasteiger partial charge in [-0.2, -0.15) is 0 Å². The van der Waals surface area contributed by atoms with Gasteiger partial charge >= 0.3 is 0 Å². The topological polar surface area (TPSA) is 65.4 Å². The summed E-state index contributed by atoms with van der Waals surface area (Å²) < 4.78 is 7.03.